The van der Waals surface area contributed by atoms with Crippen molar-refractivity contribution in [1.29, 1.82) is 0 Å². The molecule has 0 spiro atoms. The molecule has 2 amide bonds. The summed E-state index contributed by atoms with van der Waals surface area (Å²) in [6, 6.07) is 0. The number of carbonyl (C=O) groups excluding carboxylic acids is 3. The summed E-state index contributed by atoms with van der Waals surface area (Å²) < 4.78 is 62.0. The molecule has 7 atom stereocenters. The molecule has 3 heterocycles. The van der Waals surface area contributed by atoms with Crippen molar-refractivity contribution in [3.8, 4) is 0 Å². The van der Waals surface area contributed by atoms with Gasteiger partial charge < -0.3 is 50.9 Å². The number of hydrogen-bond donors (Lipinski definition) is 9. The molecule has 2 aromatic rings. The second kappa shape index (κ2) is 17.6. The summed E-state index contributed by atoms with van der Waals surface area (Å²) in [4.78, 5) is 87.0. The Morgan fingerprint density at radius 2 is 1.75 bits per heavy atom. The van der Waals surface area contributed by atoms with Crippen molar-refractivity contribution in [2.45, 2.75) is 63.8 Å². The van der Waals surface area contributed by atoms with E-state index in [9.17, 15) is 57.9 Å². The number of imidazole rings is 1. The van der Waals surface area contributed by atoms with E-state index < -0.39 is 84.6 Å². The second-order valence-electron chi connectivity index (χ2n) is 12.5. The van der Waals surface area contributed by atoms with E-state index in [2.05, 4.69) is 34.4 Å². The number of phosphoric ester groups is 3. The number of aliphatic hydroxyl groups is 2. The minimum atomic E-state index is -5.56. The van der Waals surface area contributed by atoms with Gasteiger partial charge in [-0.1, -0.05) is 25.6 Å². The number of fused-ring (bicyclic) bond motifs is 1. The van der Waals surface area contributed by atoms with Gasteiger partial charge in [-0.2, -0.15) is 4.31 Å². The van der Waals surface area contributed by atoms with Crippen LogP contribution < -0.4 is 16.4 Å². The maximum atomic E-state index is 12.6. The number of anilines is 1. The topological polar surface area (TPSA) is 364 Å². The zero-order valence-corrected chi connectivity index (χ0v) is 31.6. The fraction of sp³-hybridized carbons (Fsp3) is 0.680. The van der Waals surface area contributed by atoms with Crippen LogP contribution in [0.1, 0.15) is 39.3 Å². The minimum Gasteiger partial charge on any atom is -0.386 e. The van der Waals surface area contributed by atoms with Gasteiger partial charge in [-0.05, 0) is 12.8 Å². The Balaban J connectivity index is 1.25. The Bertz CT molecular complexity index is 1790. The summed E-state index contributed by atoms with van der Waals surface area (Å²) in [6.07, 6.45) is -5.09. The Hall–Kier alpha value is -2.44. The average molecular weight is 836 g/mol. The SMILES string of the molecule is CC(C)(COP(=O)(O)OP(=O)(O)OC[C@H]1O[C@@H](n2cnc3c(N)ncnc32)[C@H](O)[C@@H]1OP(=O)(O)O)[C@@H](O)C(=O)NCCC(=O)NCCSC(=O)C1CC1. The lowest BCUT2D eigenvalue weighted by Crippen LogP contribution is -2.46. The van der Waals surface area contributed by atoms with Crippen LogP contribution >= 0.6 is 35.2 Å². The molecule has 0 radical (unpaired) electrons. The summed E-state index contributed by atoms with van der Waals surface area (Å²) >= 11 is 1.14. The van der Waals surface area contributed by atoms with Gasteiger partial charge in [-0.25, -0.2) is 28.6 Å². The quantitative estimate of drug-likeness (QED) is 0.0575. The largest absolute Gasteiger partial charge is 0.481 e. The van der Waals surface area contributed by atoms with Crippen LogP contribution in [-0.2, 0) is 50.7 Å². The molecule has 28 heteroatoms. The molecule has 4 rings (SSSR count). The van der Waals surface area contributed by atoms with Crippen molar-refractivity contribution in [2.75, 3.05) is 37.8 Å². The molecule has 10 N–H and O–H groups in total. The number of aliphatic hydroxyl groups excluding tert-OH is 2. The number of aromatic nitrogens is 4. The first-order valence-corrected chi connectivity index (χ1v) is 21.2. The molecule has 1 saturated carbocycles. The van der Waals surface area contributed by atoms with Crippen molar-refractivity contribution in [2.24, 2.45) is 11.3 Å². The number of rotatable bonds is 20. The number of nitrogen functional groups attached to an aromatic ring is 1. The Morgan fingerprint density at radius 1 is 1.08 bits per heavy atom. The molecule has 1 aliphatic heterocycles. The van der Waals surface area contributed by atoms with Crippen molar-refractivity contribution in [1.82, 2.24) is 30.2 Å². The Labute approximate surface area is 305 Å². The predicted octanol–water partition coefficient (Wildman–Crippen LogP) is -0.925. The summed E-state index contributed by atoms with van der Waals surface area (Å²) in [7, 11) is -16.4. The van der Waals surface area contributed by atoms with Crippen LogP contribution in [0.4, 0.5) is 5.82 Å². The molecule has 2 unspecified atom stereocenters. The van der Waals surface area contributed by atoms with E-state index in [0.717, 1.165) is 41.8 Å². The van der Waals surface area contributed by atoms with Crippen LogP contribution in [-0.4, -0.2) is 123 Å². The standard InChI is InChI=1S/C25H40N7O17P3S/c1-25(2,19(35)22(36)28-6-5-15(33)27-7-8-53-24(37)13-3-4-13)10-46-52(43,44)49-51(41,42)45-9-14-18(48-50(38,39)40)17(34)23(47-14)32-12-31-16-20(26)29-11-30-21(16)32/h11-14,17-19,23,34-35H,3-10H2,1-2H3,(H,27,33)(H,28,36)(H,41,42)(H,43,44)(H2,26,29,30)(H2,38,39,40)/t14-,17-,18-,19+,23-/m1/s1. The molecule has 298 valence electrons. The van der Waals surface area contributed by atoms with Gasteiger partial charge in [0.2, 0.25) is 11.8 Å². The summed E-state index contributed by atoms with van der Waals surface area (Å²) in [5.74, 6) is -0.911. The van der Waals surface area contributed by atoms with Gasteiger partial charge in [0, 0.05) is 36.6 Å². The zero-order valence-electron chi connectivity index (χ0n) is 28.1. The molecule has 24 nitrogen and oxygen atoms in total. The molecule has 1 aliphatic carbocycles. The Kier molecular flexibility index (Phi) is 14.3. The van der Waals surface area contributed by atoms with Gasteiger partial charge in [0.1, 0.15) is 36.3 Å². The van der Waals surface area contributed by atoms with Gasteiger partial charge in [-0.3, -0.25) is 32.5 Å². The second-order valence-corrected chi connectivity index (χ2v) is 17.8. The average Bonchev–Trinajstić information content (AvgIpc) is 3.76. The fourth-order valence-corrected chi connectivity index (χ4v) is 8.42. The van der Waals surface area contributed by atoms with Gasteiger partial charge in [-0.15, -0.1) is 0 Å². The first-order chi connectivity index (χ1) is 24.6. The summed E-state index contributed by atoms with van der Waals surface area (Å²) in [5.41, 5.74) is 4.27. The fourth-order valence-electron chi connectivity index (χ4n) is 4.72. The molecule has 0 aromatic carbocycles. The highest BCUT2D eigenvalue weighted by molar-refractivity contribution is 8.13. The third kappa shape index (κ3) is 12.5. The maximum absolute atomic E-state index is 12.6. The van der Waals surface area contributed by atoms with Crippen LogP contribution in [0.2, 0.25) is 0 Å². The number of amides is 2. The zero-order chi connectivity index (χ0) is 39.4. The van der Waals surface area contributed by atoms with E-state index in [1.165, 1.54) is 13.8 Å². The number of nitrogens with one attached hydrogen (secondary N) is 2. The van der Waals surface area contributed by atoms with Crippen LogP contribution in [0.15, 0.2) is 12.7 Å². The normalized spacial score (nSPS) is 23.6. The number of nitrogens with zero attached hydrogens (tertiary/aromatic N) is 4. The molecular weight excluding hydrogens is 795 g/mol. The number of carbonyl (C=O) groups is 3. The van der Waals surface area contributed by atoms with E-state index in [4.69, 9.17) is 19.5 Å². The lowest BCUT2D eigenvalue weighted by atomic mass is 9.87. The van der Waals surface area contributed by atoms with Crippen molar-refractivity contribution in [3.05, 3.63) is 12.7 Å². The highest BCUT2D eigenvalue weighted by Crippen LogP contribution is 2.61. The highest BCUT2D eigenvalue weighted by atomic mass is 32.2. The third-order valence-electron chi connectivity index (χ3n) is 7.66. The van der Waals surface area contributed by atoms with Crippen molar-refractivity contribution >= 4 is 69.1 Å². The van der Waals surface area contributed by atoms with Crippen LogP contribution in [0.5, 0.6) is 0 Å². The van der Waals surface area contributed by atoms with E-state index >= 15 is 0 Å². The van der Waals surface area contributed by atoms with Crippen molar-refractivity contribution < 1.29 is 80.5 Å². The van der Waals surface area contributed by atoms with Crippen molar-refractivity contribution in [3.63, 3.8) is 0 Å². The van der Waals surface area contributed by atoms with E-state index in [0.29, 0.717) is 5.75 Å². The smallest absolute Gasteiger partial charge is 0.386 e. The lowest BCUT2D eigenvalue weighted by molar-refractivity contribution is -0.137. The van der Waals surface area contributed by atoms with Gasteiger partial charge in [0.25, 0.3) is 0 Å². The third-order valence-corrected chi connectivity index (χ3v) is 11.8. The molecule has 2 aromatic heterocycles. The number of hydrogen-bond acceptors (Lipinski definition) is 18. The molecule has 53 heavy (non-hydrogen) atoms. The van der Waals surface area contributed by atoms with Crippen LogP contribution in [0.3, 0.4) is 0 Å². The van der Waals surface area contributed by atoms with Gasteiger partial charge in [0.05, 0.1) is 19.5 Å². The first kappa shape index (κ1) is 43.3. The van der Waals surface area contributed by atoms with E-state index in [-0.39, 0.29) is 47.5 Å². The molecule has 2 aliphatic rings. The molecule has 1 saturated heterocycles. The molecule has 2 fully saturated rings. The Morgan fingerprint density at radius 3 is 2.42 bits per heavy atom. The number of phosphoric acid groups is 3. The van der Waals surface area contributed by atoms with E-state index in [1.807, 2.05) is 0 Å². The highest BCUT2D eigenvalue weighted by Gasteiger charge is 2.50. The lowest BCUT2D eigenvalue weighted by Gasteiger charge is -2.30. The monoisotopic (exact) mass is 835 g/mol. The number of ether oxygens (including phenoxy) is 1. The van der Waals surface area contributed by atoms with Gasteiger partial charge in [0.15, 0.2) is 22.8 Å². The maximum Gasteiger partial charge on any atom is 0.481 e. The number of thioether (sulfide) groups is 1. The predicted molar refractivity (Wildman–Crippen MR) is 180 cm³/mol. The first-order valence-electron chi connectivity index (χ1n) is 15.6. The molecule has 0 bridgehead atoms. The summed E-state index contributed by atoms with van der Waals surface area (Å²) in [5, 5.41) is 26.4. The number of nitrogens with two attached hydrogens (primary N) is 1. The molecular formula is C25H40N7O17P3S. The van der Waals surface area contributed by atoms with E-state index in [1.54, 1.807) is 0 Å². The van der Waals surface area contributed by atoms with Crippen LogP contribution in [0, 0.1) is 11.3 Å². The van der Waals surface area contributed by atoms with Crippen LogP contribution in [0.25, 0.3) is 11.2 Å². The summed E-state index contributed by atoms with van der Waals surface area (Å²) in [6.45, 7) is 0.574. The van der Waals surface area contributed by atoms with Gasteiger partial charge >= 0.3 is 23.5 Å². The minimum absolute atomic E-state index is 0.0325.